The van der Waals surface area contributed by atoms with Crippen LogP contribution in [0.1, 0.15) is 21.8 Å². The molecule has 2 aliphatic heterocycles. The van der Waals surface area contributed by atoms with Gasteiger partial charge in [-0.05, 0) is 48.0 Å². The first-order chi connectivity index (χ1) is 15.6. The first-order valence-electron chi connectivity index (χ1n) is 10.3. The fourth-order valence-electron chi connectivity index (χ4n) is 4.73. The van der Waals surface area contributed by atoms with Crippen LogP contribution < -0.4 is 10.2 Å². The first-order valence-corrected chi connectivity index (χ1v) is 10.3. The number of anilines is 2. The summed E-state index contributed by atoms with van der Waals surface area (Å²) < 4.78 is 13.2. The van der Waals surface area contributed by atoms with Gasteiger partial charge in [0.2, 0.25) is 0 Å². The zero-order valence-corrected chi connectivity index (χ0v) is 17.1. The number of halogens is 1. The van der Waals surface area contributed by atoms with Crippen molar-refractivity contribution in [3.63, 3.8) is 0 Å². The second-order valence-corrected chi connectivity index (χ2v) is 7.90. The smallest absolute Gasteiger partial charge is 0.326 e. The molecule has 32 heavy (non-hydrogen) atoms. The van der Waals surface area contributed by atoms with E-state index in [0.717, 1.165) is 11.3 Å². The van der Waals surface area contributed by atoms with E-state index in [2.05, 4.69) is 10.3 Å². The Balaban J connectivity index is 1.46. The van der Waals surface area contributed by atoms with Gasteiger partial charge in [-0.1, -0.05) is 18.2 Å². The standard InChI is InChI=1S/C24H21FN4O3/c25-16-5-7-17(8-6-16)27-24(32)28-13-20-22(18-3-1-2-4-19(18)28)21(14-30)29(20)23(31)15-9-11-26-12-10-15/h1-12,20-22,30H,13-14H2,(H,27,32)/t20-,21+,22+/m1/s1. The van der Waals surface area contributed by atoms with E-state index in [9.17, 15) is 19.1 Å². The molecule has 5 rings (SSSR count). The van der Waals surface area contributed by atoms with Crippen LogP contribution in [0.25, 0.3) is 0 Å². The minimum atomic E-state index is -0.385. The number of aliphatic hydroxyl groups is 1. The lowest BCUT2D eigenvalue weighted by atomic mass is 9.71. The Morgan fingerprint density at radius 1 is 1.06 bits per heavy atom. The number of hydrogen-bond acceptors (Lipinski definition) is 4. The van der Waals surface area contributed by atoms with E-state index in [0.29, 0.717) is 11.3 Å². The quantitative estimate of drug-likeness (QED) is 0.665. The van der Waals surface area contributed by atoms with Crippen LogP contribution >= 0.6 is 0 Å². The number of nitrogens with one attached hydrogen (secondary N) is 1. The third-order valence-corrected chi connectivity index (χ3v) is 6.19. The molecule has 2 aromatic carbocycles. The van der Waals surface area contributed by atoms with Crippen LogP contribution in [0.3, 0.4) is 0 Å². The second-order valence-electron chi connectivity index (χ2n) is 7.90. The van der Waals surface area contributed by atoms with E-state index in [4.69, 9.17) is 0 Å². The molecule has 2 aliphatic rings. The van der Waals surface area contributed by atoms with Gasteiger partial charge in [0, 0.05) is 41.8 Å². The van der Waals surface area contributed by atoms with E-state index in [1.54, 1.807) is 34.3 Å². The molecule has 1 aromatic heterocycles. The lowest BCUT2D eigenvalue weighted by Crippen LogP contribution is -2.71. The van der Waals surface area contributed by atoms with Crippen LogP contribution in [-0.4, -0.2) is 52.2 Å². The fraction of sp³-hybridized carbons (Fsp3) is 0.208. The van der Waals surface area contributed by atoms with Crippen molar-refractivity contribution in [2.45, 2.75) is 18.0 Å². The van der Waals surface area contributed by atoms with Gasteiger partial charge in [0.25, 0.3) is 5.91 Å². The largest absolute Gasteiger partial charge is 0.394 e. The average molecular weight is 432 g/mol. The predicted octanol–water partition coefficient (Wildman–Crippen LogP) is 3.24. The number of fused-ring (bicyclic) bond motifs is 3. The highest BCUT2D eigenvalue weighted by atomic mass is 19.1. The lowest BCUT2D eigenvalue weighted by Gasteiger charge is -2.58. The Morgan fingerprint density at radius 2 is 1.78 bits per heavy atom. The van der Waals surface area contributed by atoms with Gasteiger partial charge in [0.15, 0.2) is 0 Å². The minimum Gasteiger partial charge on any atom is -0.394 e. The van der Waals surface area contributed by atoms with Gasteiger partial charge in [-0.15, -0.1) is 0 Å². The number of benzene rings is 2. The summed E-state index contributed by atoms with van der Waals surface area (Å²) in [6.45, 7) is 0.107. The van der Waals surface area contributed by atoms with E-state index in [1.807, 2.05) is 24.3 Å². The molecule has 3 heterocycles. The Hall–Kier alpha value is -3.78. The molecule has 8 heteroatoms. The Kier molecular flexibility index (Phi) is 5.07. The third-order valence-electron chi connectivity index (χ3n) is 6.19. The number of carbonyl (C=O) groups is 2. The van der Waals surface area contributed by atoms with Gasteiger partial charge in [-0.2, -0.15) is 0 Å². The number of nitrogens with zero attached hydrogens (tertiary/aromatic N) is 3. The molecule has 0 unspecified atom stereocenters. The van der Waals surface area contributed by atoms with Crippen molar-refractivity contribution in [3.8, 4) is 0 Å². The Bertz CT molecular complexity index is 1160. The number of carbonyl (C=O) groups excluding carboxylic acids is 2. The van der Waals surface area contributed by atoms with Crippen molar-refractivity contribution in [1.29, 1.82) is 0 Å². The Morgan fingerprint density at radius 3 is 2.50 bits per heavy atom. The maximum atomic E-state index is 13.2. The van der Waals surface area contributed by atoms with Crippen molar-refractivity contribution in [2.75, 3.05) is 23.4 Å². The number of aromatic nitrogens is 1. The van der Waals surface area contributed by atoms with E-state index >= 15 is 0 Å². The van der Waals surface area contributed by atoms with Gasteiger partial charge < -0.3 is 15.3 Å². The van der Waals surface area contributed by atoms with Crippen LogP contribution in [0, 0.1) is 5.82 Å². The maximum Gasteiger partial charge on any atom is 0.326 e. The van der Waals surface area contributed by atoms with Crippen molar-refractivity contribution < 1.29 is 19.1 Å². The number of para-hydroxylation sites is 1. The van der Waals surface area contributed by atoms with Gasteiger partial charge in [-0.3, -0.25) is 14.7 Å². The summed E-state index contributed by atoms with van der Waals surface area (Å²) in [6.07, 6.45) is 3.11. The number of urea groups is 1. The summed E-state index contributed by atoms with van der Waals surface area (Å²) in [5.74, 6) is -0.660. The summed E-state index contributed by atoms with van der Waals surface area (Å²) in [4.78, 5) is 33.6. The average Bonchev–Trinajstić information content (AvgIpc) is 2.81. The molecule has 3 atom stereocenters. The highest BCUT2D eigenvalue weighted by molar-refractivity contribution is 6.03. The number of amides is 3. The number of likely N-dealkylation sites (tertiary alicyclic amines) is 1. The molecule has 0 spiro atoms. The lowest BCUT2D eigenvalue weighted by molar-refractivity contribution is -0.0241. The number of aliphatic hydroxyl groups excluding tert-OH is 1. The summed E-state index contributed by atoms with van der Waals surface area (Å²) >= 11 is 0. The molecule has 7 nitrogen and oxygen atoms in total. The third kappa shape index (κ3) is 3.29. The maximum absolute atomic E-state index is 13.2. The molecule has 162 valence electrons. The van der Waals surface area contributed by atoms with Gasteiger partial charge in [-0.25, -0.2) is 9.18 Å². The molecule has 2 N–H and O–H groups in total. The molecule has 3 aromatic rings. The number of rotatable bonds is 3. The topological polar surface area (TPSA) is 85.8 Å². The molecular weight excluding hydrogens is 411 g/mol. The first kappa shape index (κ1) is 20.1. The number of hydrogen-bond donors (Lipinski definition) is 2. The molecule has 1 fully saturated rings. The van der Waals surface area contributed by atoms with Crippen LogP contribution in [-0.2, 0) is 0 Å². The van der Waals surface area contributed by atoms with Crippen LogP contribution in [0.4, 0.5) is 20.6 Å². The van der Waals surface area contributed by atoms with Crippen LogP contribution in [0.15, 0.2) is 73.1 Å². The molecular formula is C24H21FN4O3. The SMILES string of the molecule is O=C(Nc1ccc(F)cc1)N1C[C@@H]2[C@H](c3ccccc31)[C@H](CO)N2C(=O)c1ccncc1. The summed E-state index contributed by atoms with van der Waals surface area (Å²) in [6, 6.07) is 15.3. The van der Waals surface area contributed by atoms with Gasteiger partial charge >= 0.3 is 6.03 Å². The summed E-state index contributed by atoms with van der Waals surface area (Å²) in [5, 5.41) is 12.9. The highest BCUT2D eigenvalue weighted by Gasteiger charge is 2.55. The predicted molar refractivity (Wildman–Crippen MR) is 117 cm³/mol. The van der Waals surface area contributed by atoms with Crippen molar-refractivity contribution in [2.24, 2.45) is 0 Å². The monoisotopic (exact) mass is 432 g/mol. The highest BCUT2D eigenvalue weighted by Crippen LogP contribution is 2.48. The molecule has 0 saturated carbocycles. The van der Waals surface area contributed by atoms with E-state index < -0.39 is 0 Å². The van der Waals surface area contributed by atoms with Crippen molar-refractivity contribution in [3.05, 3.63) is 90.0 Å². The normalized spacial score (nSPS) is 21.2. The van der Waals surface area contributed by atoms with Crippen LogP contribution in [0.5, 0.6) is 0 Å². The fourth-order valence-corrected chi connectivity index (χ4v) is 4.73. The molecule has 0 aliphatic carbocycles. The molecule has 0 bridgehead atoms. The second kappa shape index (κ2) is 8.05. The molecule has 3 amide bonds. The zero-order valence-electron chi connectivity index (χ0n) is 17.1. The van der Waals surface area contributed by atoms with Gasteiger partial charge in [0.05, 0.1) is 18.7 Å². The van der Waals surface area contributed by atoms with E-state index in [1.165, 1.54) is 24.3 Å². The molecule has 1 saturated heterocycles. The minimum absolute atomic E-state index is 0.0724. The molecule has 0 radical (unpaired) electrons. The van der Waals surface area contributed by atoms with Crippen molar-refractivity contribution in [1.82, 2.24) is 9.88 Å². The summed E-state index contributed by atoms with van der Waals surface area (Å²) in [7, 11) is 0. The Labute approximate surface area is 184 Å². The van der Waals surface area contributed by atoms with Crippen molar-refractivity contribution >= 4 is 23.3 Å². The zero-order chi connectivity index (χ0) is 22.2. The van der Waals surface area contributed by atoms with Crippen LogP contribution in [0.2, 0.25) is 0 Å². The summed E-state index contributed by atoms with van der Waals surface area (Å²) in [5.41, 5.74) is 2.61. The van der Waals surface area contributed by atoms with E-state index in [-0.39, 0.29) is 48.9 Å². The number of pyridine rings is 1. The van der Waals surface area contributed by atoms with Gasteiger partial charge in [0.1, 0.15) is 5.82 Å².